The minimum absolute atomic E-state index is 0.145. The molecule has 4 heteroatoms. The highest BCUT2D eigenvalue weighted by Gasteiger charge is 2.12. The van der Waals surface area contributed by atoms with Crippen LogP contribution < -0.4 is 10.6 Å². The van der Waals surface area contributed by atoms with E-state index in [0.29, 0.717) is 6.54 Å². The van der Waals surface area contributed by atoms with Gasteiger partial charge in [0, 0.05) is 19.6 Å². The van der Waals surface area contributed by atoms with Crippen molar-refractivity contribution in [3.63, 3.8) is 0 Å². The molecular weight excluding hydrogens is 226 g/mol. The van der Waals surface area contributed by atoms with Crippen molar-refractivity contribution in [2.75, 3.05) is 26.2 Å². The van der Waals surface area contributed by atoms with Gasteiger partial charge >= 0.3 is 0 Å². The average molecular weight is 255 g/mol. The molecule has 0 amide bonds. The molecule has 0 aromatic carbocycles. The molecule has 1 aliphatic rings. The Balaban J connectivity index is 2.14. The van der Waals surface area contributed by atoms with E-state index in [2.05, 4.69) is 22.5 Å². The Labute approximate surface area is 111 Å². The number of nitrogens with one attached hydrogen (secondary N) is 2. The van der Waals surface area contributed by atoms with Gasteiger partial charge in [-0.1, -0.05) is 32.1 Å². The topological polar surface area (TPSA) is 56.7 Å². The number of aliphatic hydroxyl groups excluding tert-OH is 1. The fourth-order valence-corrected chi connectivity index (χ4v) is 2.56. The van der Waals surface area contributed by atoms with Gasteiger partial charge in [0.05, 0.1) is 6.61 Å². The van der Waals surface area contributed by atoms with E-state index >= 15 is 0 Å². The predicted octanol–water partition coefficient (Wildman–Crippen LogP) is 1.89. The molecule has 0 spiro atoms. The summed E-state index contributed by atoms with van der Waals surface area (Å²) in [6.45, 7) is 4.51. The number of guanidine groups is 1. The predicted molar refractivity (Wildman–Crippen MR) is 76.9 cm³/mol. The van der Waals surface area contributed by atoms with E-state index in [9.17, 15) is 0 Å². The second-order valence-electron chi connectivity index (χ2n) is 5.06. The van der Waals surface area contributed by atoms with Crippen LogP contribution in [-0.4, -0.2) is 37.3 Å². The second-order valence-corrected chi connectivity index (χ2v) is 5.06. The first-order valence-electron chi connectivity index (χ1n) is 7.50. The van der Waals surface area contributed by atoms with Crippen LogP contribution in [0.4, 0.5) is 0 Å². The molecule has 0 bridgehead atoms. The lowest BCUT2D eigenvalue weighted by molar-refractivity contribution is 0.300. The minimum Gasteiger partial charge on any atom is -0.395 e. The van der Waals surface area contributed by atoms with Crippen molar-refractivity contribution >= 4 is 5.96 Å². The third kappa shape index (κ3) is 6.84. The van der Waals surface area contributed by atoms with Crippen LogP contribution >= 0.6 is 0 Å². The van der Waals surface area contributed by atoms with Gasteiger partial charge in [-0.15, -0.1) is 0 Å². The van der Waals surface area contributed by atoms with E-state index < -0.39 is 0 Å². The van der Waals surface area contributed by atoms with Gasteiger partial charge in [-0.25, -0.2) is 0 Å². The molecule has 0 heterocycles. The van der Waals surface area contributed by atoms with E-state index in [1.807, 2.05) is 0 Å². The molecule has 18 heavy (non-hydrogen) atoms. The molecule has 0 saturated heterocycles. The molecule has 0 aliphatic heterocycles. The van der Waals surface area contributed by atoms with Crippen molar-refractivity contribution < 1.29 is 5.11 Å². The van der Waals surface area contributed by atoms with E-state index in [0.717, 1.165) is 25.0 Å². The van der Waals surface area contributed by atoms with Crippen LogP contribution in [0.2, 0.25) is 0 Å². The van der Waals surface area contributed by atoms with Gasteiger partial charge in [0.1, 0.15) is 0 Å². The zero-order valence-electron chi connectivity index (χ0n) is 11.7. The monoisotopic (exact) mass is 255 g/mol. The highest BCUT2D eigenvalue weighted by atomic mass is 16.3. The molecule has 0 unspecified atom stereocenters. The SMILES string of the molecule is CCNC(=NCCCC1CCCCC1)NCCO. The number of rotatable bonds is 7. The van der Waals surface area contributed by atoms with Crippen LogP contribution in [0.25, 0.3) is 0 Å². The summed E-state index contributed by atoms with van der Waals surface area (Å²) in [5, 5.41) is 15.1. The molecule has 106 valence electrons. The first-order chi connectivity index (χ1) is 8.86. The molecule has 1 saturated carbocycles. The number of hydrogen-bond acceptors (Lipinski definition) is 2. The number of aliphatic imine (C=N–C) groups is 1. The Hall–Kier alpha value is -0.770. The molecule has 1 fully saturated rings. The van der Waals surface area contributed by atoms with Crippen LogP contribution in [0.5, 0.6) is 0 Å². The summed E-state index contributed by atoms with van der Waals surface area (Å²) in [7, 11) is 0. The summed E-state index contributed by atoms with van der Waals surface area (Å²) in [4.78, 5) is 4.52. The fourth-order valence-electron chi connectivity index (χ4n) is 2.56. The highest BCUT2D eigenvalue weighted by molar-refractivity contribution is 5.79. The van der Waals surface area contributed by atoms with Crippen molar-refractivity contribution in [3.05, 3.63) is 0 Å². The molecule has 1 rings (SSSR count). The summed E-state index contributed by atoms with van der Waals surface area (Å²) in [6, 6.07) is 0. The average Bonchev–Trinajstić information content (AvgIpc) is 2.42. The third-order valence-corrected chi connectivity index (χ3v) is 3.51. The lowest BCUT2D eigenvalue weighted by atomic mass is 9.86. The summed E-state index contributed by atoms with van der Waals surface area (Å²) >= 11 is 0. The van der Waals surface area contributed by atoms with Crippen LogP contribution in [0, 0.1) is 5.92 Å². The second kappa shape index (κ2) is 10.2. The molecule has 0 aromatic heterocycles. The summed E-state index contributed by atoms with van der Waals surface area (Å²) in [5.74, 6) is 1.78. The van der Waals surface area contributed by atoms with Crippen LogP contribution in [0.1, 0.15) is 51.9 Å². The van der Waals surface area contributed by atoms with Gasteiger partial charge in [0.25, 0.3) is 0 Å². The maximum absolute atomic E-state index is 8.78. The van der Waals surface area contributed by atoms with Crippen LogP contribution in [0.3, 0.4) is 0 Å². The number of hydrogen-bond donors (Lipinski definition) is 3. The fraction of sp³-hybridized carbons (Fsp3) is 0.929. The van der Waals surface area contributed by atoms with Crippen molar-refractivity contribution in [1.29, 1.82) is 0 Å². The third-order valence-electron chi connectivity index (χ3n) is 3.51. The summed E-state index contributed by atoms with van der Waals surface area (Å²) < 4.78 is 0. The van der Waals surface area contributed by atoms with Gasteiger partial charge in [0.15, 0.2) is 5.96 Å². The summed E-state index contributed by atoms with van der Waals surface area (Å²) in [6.07, 6.45) is 9.63. The van der Waals surface area contributed by atoms with E-state index in [4.69, 9.17) is 5.11 Å². The standard InChI is InChI=1S/C14H29N3O/c1-2-15-14(17-11-12-18)16-10-6-9-13-7-4-3-5-8-13/h13,18H,2-12H2,1H3,(H2,15,16,17). The molecular formula is C14H29N3O. The molecule has 0 aromatic rings. The van der Waals surface area contributed by atoms with Crippen molar-refractivity contribution in [3.8, 4) is 0 Å². The van der Waals surface area contributed by atoms with Crippen LogP contribution in [0.15, 0.2) is 4.99 Å². The summed E-state index contributed by atoms with van der Waals surface area (Å²) in [5.41, 5.74) is 0. The van der Waals surface area contributed by atoms with Gasteiger partial charge in [0.2, 0.25) is 0 Å². The highest BCUT2D eigenvalue weighted by Crippen LogP contribution is 2.27. The molecule has 3 N–H and O–H groups in total. The lowest BCUT2D eigenvalue weighted by Gasteiger charge is -2.20. The number of nitrogens with zero attached hydrogens (tertiary/aromatic N) is 1. The largest absolute Gasteiger partial charge is 0.395 e. The molecule has 0 radical (unpaired) electrons. The molecule has 4 nitrogen and oxygen atoms in total. The first-order valence-corrected chi connectivity index (χ1v) is 7.50. The van der Waals surface area contributed by atoms with E-state index in [1.54, 1.807) is 0 Å². The zero-order valence-corrected chi connectivity index (χ0v) is 11.7. The Bertz CT molecular complexity index is 225. The van der Waals surface area contributed by atoms with Crippen molar-refractivity contribution in [2.24, 2.45) is 10.9 Å². The quantitative estimate of drug-likeness (QED) is 0.370. The maximum Gasteiger partial charge on any atom is 0.191 e. The molecule has 0 atom stereocenters. The molecule has 1 aliphatic carbocycles. The van der Waals surface area contributed by atoms with Crippen molar-refractivity contribution in [2.45, 2.75) is 51.9 Å². The van der Waals surface area contributed by atoms with E-state index in [1.165, 1.54) is 44.9 Å². The normalized spacial score (nSPS) is 17.8. The number of aliphatic hydroxyl groups is 1. The lowest BCUT2D eigenvalue weighted by Crippen LogP contribution is -2.38. The minimum atomic E-state index is 0.145. The van der Waals surface area contributed by atoms with Gasteiger partial charge in [-0.3, -0.25) is 4.99 Å². The maximum atomic E-state index is 8.78. The van der Waals surface area contributed by atoms with Crippen LogP contribution in [-0.2, 0) is 0 Å². The Morgan fingerprint density at radius 3 is 2.67 bits per heavy atom. The smallest absolute Gasteiger partial charge is 0.191 e. The Morgan fingerprint density at radius 2 is 2.00 bits per heavy atom. The van der Waals surface area contributed by atoms with Gasteiger partial charge in [-0.05, 0) is 25.7 Å². The first kappa shape index (κ1) is 15.3. The Kier molecular flexibility index (Phi) is 8.65. The Morgan fingerprint density at radius 1 is 1.22 bits per heavy atom. The van der Waals surface area contributed by atoms with Crippen molar-refractivity contribution in [1.82, 2.24) is 10.6 Å². The zero-order chi connectivity index (χ0) is 13.1. The van der Waals surface area contributed by atoms with Gasteiger partial charge < -0.3 is 15.7 Å². The van der Waals surface area contributed by atoms with Gasteiger partial charge in [-0.2, -0.15) is 0 Å². The van der Waals surface area contributed by atoms with E-state index in [-0.39, 0.29) is 6.61 Å².